The molecule has 0 amide bonds. The average molecular weight is 1790 g/mol. The minimum Gasteiger partial charge on any atom is -0.505 e. The monoisotopic (exact) mass is 1790 g/mol. The number of hydrogen-bond donors (Lipinski definition) is 4. The van der Waals surface area contributed by atoms with E-state index in [4.69, 9.17) is 74.7 Å². The maximum atomic E-state index is 14.1. The number of carbonyl (C=O) groups excluding carboxylic acids is 3. The Morgan fingerprint density at radius 2 is 0.806 bits per heavy atom. The summed E-state index contributed by atoms with van der Waals surface area (Å²) in [5.41, 5.74) is 10.8. The van der Waals surface area contributed by atoms with Gasteiger partial charge in [-0.25, -0.2) is 45.7 Å². The van der Waals surface area contributed by atoms with Crippen LogP contribution in [0, 0.1) is 61.2 Å². The van der Waals surface area contributed by atoms with Crippen LogP contribution in [0.15, 0.2) is 191 Å². The fourth-order valence-electron chi connectivity index (χ4n) is 9.43. The standard InChI is InChI=1S/C20H19BFNO4.C14H9BFNO3.C14H13BFNO3.C14H7BrFNO2.C7H4BrFO.C7H4FNO.ClH.W/c1-19(2)20(3,4)27-21(26-19)16-11-15(8-6-13(16)12-24)25-18-9-7-14(23-5)10-17(18)22;1-17-10-3-5-14(13(16)6-10)20-11-4-2-9-8-19-15(18)12(9)7-11;16-13-5-9(7-17)1-4-14(13)20-11-3-2-10-8-19-15(18)12(10)6-11;1-17-10-3-5-14(13(16)6-10)19-11-4-2-9(8-18)12(15)7-11;8-7-3-6(9)2-1-5(7)4-10;1-9-5-2-3-7(10)6(8)4-5;;/h6-12H,1-4H3;2-7,18H,8H2;1-6,18H,7-8,17H2;2-8H;1-4H;2-4,10H;1H;. The number of hydrogen-bond acceptors (Lipinski definition) is 15. The fourth-order valence-corrected chi connectivity index (χ4v) is 10.3. The van der Waals surface area contributed by atoms with Gasteiger partial charge >= 0.3 is 21.4 Å². The molecule has 3 aliphatic rings. The summed E-state index contributed by atoms with van der Waals surface area (Å²) < 4.78 is 125. The molecule has 0 aliphatic carbocycles. The summed E-state index contributed by atoms with van der Waals surface area (Å²) in [6.45, 7) is 35.7. The van der Waals surface area contributed by atoms with Gasteiger partial charge in [-0.15, -0.1) is 12.4 Å². The maximum absolute atomic E-state index is 14.1. The quantitative estimate of drug-likeness (QED) is 0.0364. The molecule has 548 valence electrons. The minimum atomic E-state index is -0.970. The molecule has 108 heavy (non-hydrogen) atoms. The number of ether oxygens (including phenoxy) is 4. The van der Waals surface area contributed by atoms with E-state index in [1.807, 2.05) is 27.7 Å². The molecular formula is C76H57B3Br2ClF6N5O14W. The van der Waals surface area contributed by atoms with Crippen molar-refractivity contribution in [2.75, 3.05) is 0 Å². The van der Waals surface area contributed by atoms with Gasteiger partial charge in [0.05, 0.1) is 50.7 Å². The number of aldehydes is 3. The summed E-state index contributed by atoms with van der Waals surface area (Å²) >= 11 is 6.25. The molecule has 3 heterocycles. The van der Waals surface area contributed by atoms with Gasteiger partial charge in [-0.3, -0.25) is 14.4 Å². The van der Waals surface area contributed by atoms with Crippen molar-refractivity contribution in [3.05, 3.63) is 305 Å². The van der Waals surface area contributed by atoms with Gasteiger partial charge in [0, 0.05) is 53.2 Å². The normalized spacial score (nSPS) is 12.6. The zero-order valence-electron chi connectivity index (χ0n) is 56.9. The molecule has 5 N–H and O–H groups in total. The Balaban J connectivity index is 0.000000208. The van der Waals surface area contributed by atoms with E-state index in [1.165, 1.54) is 72.8 Å². The molecule has 1 fully saturated rings. The van der Waals surface area contributed by atoms with E-state index in [0.29, 0.717) is 96.4 Å². The Morgan fingerprint density at radius 1 is 0.463 bits per heavy atom. The van der Waals surface area contributed by atoms with E-state index >= 15 is 0 Å². The third-order valence-corrected chi connectivity index (χ3v) is 17.2. The Labute approximate surface area is 654 Å². The Hall–Kier alpha value is -10.4. The first kappa shape index (κ1) is 86.5. The SMILES string of the molecule is Cl.NCc1ccc(Oc2ccc3c(c2)B(O)OC3)c(F)c1.O=Cc1ccc(F)cc1Br.[C-]#[N+]c1ccc(O)c(F)c1.[C-]#[N+]c1ccc(Oc2ccc(C=O)c(B3OC(C)(C)C(C)(C)O3)c2)c(F)c1.[C-]#[N+]c1ccc(Oc2ccc(C=O)c(Br)c2)c(F)c1.[C-]#[N+]c1ccc(Oc2ccc3c(c2)B(O)OC3)c(F)c1.[W]. The van der Waals surface area contributed by atoms with Crippen molar-refractivity contribution in [2.45, 2.75) is 58.7 Å². The van der Waals surface area contributed by atoms with E-state index < -0.39 is 67.4 Å². The first-order valence-electron chi connectivity index (χ1n) is 31.1. The molecule has 0 spiro atoms. The van der Waals surface area contributed by atoms with Crippen LogP contribution < -0.4 is 41.1 Å². The molecule has 32 heteroatoms. The summed E-state index contributed by atoms with van der Waals surface area (Å²) in [6, 6.07) is 43.7. The minimum absolute atomic E-state index is 0. The van der Waals surface area contributed by atoms with Gasteiger partial charge < -0.3 is 58.5 Å². The number of nitrogens with two attached hydrogens (primary N) is 1. The molecule has 0 aromatic heterocycles. The van der Waals surface area contributed by atoms with Crippen molar-refractivity contribution >= 4 is 124 Å². The second-order valence-corrected chi connectivity index (χ2v) is 25.1. The molecule has 0 atom stereocenters. The molecule has 0 unspecified atom stereocenters. The van der Waals surface area contributed by atoms with Crippen LogP contribution in [0.5, 0.6) is 51.7 Å². The fraction of sp³-hybridized carbons (Fsp3) is 0.118. The van der Waals surface area contributed by atoms with Gasteiger partial charge in [0.2, 0.25) is 0 Å². The number of nitrogens with zero attached hydrogens (tertiary/aromatic N) is 4. The first-order valence-corrected chi connectivity index (χ1v) is 32.7. The Bertz CT molecular complexity index is 5100. The van der Waals surface area contributed by atoms with Crippen LogP contribution >= 0.6 is 44.3 Å². The van der Waals surface area contributed by atoms with Crippen molar-refractivity contribution in [2.24, 2.45) is 5.73 Å². The van der Waals surface area contributed by atoms with E-state index in [9.17, 15) is 50.8 Å². The largest absolute Gasteiger partial charge is 0.505 e. The van der Waals surface area contributed by atoms with Crippen LogP contribution in [0.1, 0.15) is 75.5 Å². The second-order valence-electron chi connectivity index (χ2n) is 23.4. The van der Waals surface area contributed by atoms with E-state index in [0.717, 1.165) is 47.7 Å². The van der Waals surface area contributed by atoms with Gasteiger partial charge in [-0.1, -0.05) is 42.5 Å². The van der Waals surface area contributed by atoms with Gasteiger partial charge in [0.1, 0.15) is 40.9 Å². The van der Waals surface area contributed by atoms with Crippen LogP contribution in [0.3, 0.4) is 0 Å². The number of phenolic OH excluding ortho intramolecular Hbond substituents is 1. The number of fused-ring (bicyclic) bond motifs is 2. The van der Waals surface area contributed by atoms with Crippen LogP contribution in [0.2, 0.25) is 0 Å². The third kappa shape index (κ3) is 23.1. The summed E-state index contributed by atoms with van der Waals surface area (Å²) in [5, 5.41) is 27.9. The smallest absolute Gasteiger partial charge is 0.495 e. The van der Waals surface area contributed by atoms with Crippen LogP contribution in [0.25, 0.3) is 19.4 Å². The number of aromatic hydroxyl groups is 1. The van der Waals surface area contributed by atoms with Crippen molar-refractivity contribution in [1.29, 1.82) is 0 Å². The van der Waals surface area contributed by atoms with Crippen molar-refractivity contribution < 1.29 is 115 Å². The molecule has 10 aromatic rings. The van der Waals surface area contributed by atoms with Crippen molar-refractivity contribution in [3.8, 4) is 51.7 Å². The Kier molecular flexibility index (Phi) is 32.0. The molecule has 3 aliphatic heterocycles. The zero-order valence-corrected chi connectivity index (χ0v) is 63.9. The average Bonchev–Trinajstić information content (AvgIpc) is 1.62. The van der Waals surface area contributed by atoms with Gasteiger partial charge in [0.15, 0.2) is 87.4 Å². The molecule has 13 rings (SSSR count). The van der Waals surface area contributed by atoms with Crippen LogP contribution in [0.4, 0.5) is 49.1 Å². The predicted octanol–water partition coefficient (Wildman–Crippen LogP) is 17.6. The third-order valence-electron chi connectivity index (χ3n) is 15.8. The molecule has 19 nitrogen and oxygen atoms in total. The summed E-state index contributed by atoms with van der Waals surface area (Å²) in [6.07, 6.45) is 2.10. The zero-order chi connectivity index (χ0) is 77.0. The number of carbonyl (C=O) groups is 3. The number of halogens is 9. The Morgan fingerprint density at radius 3 is 1.17 bits per heavy atom. The maximum Gasteiger partial charge on any atom is 0.495 e. The molecule has 10 aromatic carbocycles. The molecule has 1 saturated heterocycles. The summed E-state index contributed by atoms with van der Waals surface area (Å²) in [5.74, 6) is -2.09. The van der Waals surface area contributed by atoms with Gasteiger partial charge in [-0.05, 0) is 232 Å². The van der Waals surface area contributed by atoms with Gasteiger partial charge in [-0.2, -0.15) is 0 Å². The molecule has 0 radical (unpaired) electrons. The second kappa shape index (κ2) is 40.0. The van der Waals surface area contributed by atoms with Crippen LogP contribution in [-0.4, -0.2) is 66.6 Å². The van der Waals surface area contributed by atoms with E-state index in [-0.39, 0.29) is 91.6 Å². The summed E-state index contributed by atoms with van der Waals surface area (Å²) in [7, 11) is -2.66. The van der Waals surface area contributed by atoms with E-state index in [1.54, 1.807) is 78.9 Å². The number of phenols is 1. The van der Waals surface area contributed by atoms with E-state index in [2.05, 4.69) is 51.2 Å². The van der Waals surface area contributed by atoms with Crippen molar-refractivity contribution in [3.63, 3.8) is 0 Å². The number of rotatable bonds is 13. The predicted molar refractivity (Wildman–Crippen MR) is 398 cm³/mol. The first-order chi connectivity index (χ1) is 50.6. The van der Waals surface area contributed by atoms with Crippen molar-refractivity contribution in [1.82, 2.24) is 0 Å². The molecule has 0 saturated carbocycles. The topological polar surface area (TPSA) is 229 Å². The van der Waals surface area contributed by atoms with Gasteiger partial charge in [0.25, 0.3) is 0 Å². The number of benzene rings is 10. The molecule has 0 bridgehead atoms. The van der Waals surface area contributed by atoms with Crippen LogP contribution in [-0.2, 0) is 59.4 Å². The molecular weight excluding hydrogens is 1730 g/mol. The summed E-state index contributed by atoms with van der Waals surface area (Å²) in [4.78, 5) is 44.7.